The number of nitrogens with one attached hydrogen (secondary N) is 1. The summed E-state index contributed by atoms with van der Waals surface area (Å²) >= 11 is 0. The van der Waals surface area contributed by atoms with E-state index in [9.17, 15) is 0 Å². The number of likely N-dealkylation sites (tertiary alicyclic amines) is 1. The smallest absolute Gasteiger partial charge is 0.0342 e. The van der Waals surface area contributed by atoms with Gasteiger partial charge >= 0.3 is 0 Å². The highest BCUT2D eigenvalue weighted by Gasteiger charge is 2.28. The first-order valence-electron chi connectivity index (χ1n) is 6.18. The van der Waals surface area contributed by atoms with Crippen molar-refractivity contribution in [1.82, 2.24) is 4.90 Å². The van der Waals surface area contributed by atoms with E-state index in [4.69, 9.17) is 0 Å². The van der Waals surface area contributed by atoms with Crippen LogP contribution in [-0.2, 0) is 0 Å². The van der Waals surface area contributed by atoms with Crippen LogP contribution in [0.25, 0.3) is 0 Å². The highest BCUT2D eigenvalue weighted by Crippen LogP contribution is 2.23. The number of piperidine rings is 1. The van der Waals surface area contributed by atoms with Gasteiger partial charge in [0.2, 0.25) is 0 Å². The zero-order valence-corrected chi connectivity index (χ0v) is 10.5. The Hall–Kier alpha value is -1.02. The van der Waals surface area contributed by atoms with E-state index in [0.29, 0.717) is 18.0 Å². The van der Waals surface area contributed by atoms with Crippen LogP contribution in [0.3, 0.4) is 0 Å². The Kier molecular flexibility index (Phi) is 3.49. The van der Waals surface area contributed by atoms with Gasteiger partial charge in [-0.05, 0) is 38.4 Å². The summed E-state index contributed by atoms with van der Waals surface area (Å²) in [7, 11) is 2.22. The summed E-state index contributed by atoms with van der Waals surface area (Å²) in [5.41, 5.74) is 1.25. The van der Waals surface area contributed by atoms with Gasteiger partial charge in [0.1, 0.15) is 0 Å². The number of para-hydroxylation sites is 1. The molecule has 1 aromatic rings. The molecule has 88 valence electrons. The molecule has 2 heteroatoms. The third kappa shape index (κ3) is 2.56. The number of rotatable bonds is 2. The third-order valence-corrected chi connectivity index (χ3v) is 3.74. The van der Waals surface area contributed by atoms with Gasteiger partial charge in [-0.15, -0.1) is 0 Å². The van der Waals surface area contributed by atoms with Crippen molar-refractivity contribution in [2.45, 2.75) is 32.4 Å². The van der Waals surface area contributed by atoms with Crippen LogP contribution in [0.5, 0.6) is 0 Å². The second kappa shape index (κ2) is 4.88. The Morgan fingerprint density at radius 1 is 1.19 bits per heavy atom. The van der Waals surface area contributed by atoms with E-state index in [1.165, 1.54) is 18.7 Å². The van der Waals surface area contributed by atoms with Crippen molar-refractivity contribution in [1.29, 1.82) is 0 Å². The lowest BCUT2D eigenvalue weighted by Crippen LogP contribution is -2.48. The van der Waals surface area contributed by atoms with E-state index in [2.05, 4.69) is 61.4 Å². The van der Waals surface area contributed by atoms with Crippen LogP contribution < -0.4 is 5.32 Å². The first-order valence-corrected chi connectivity index (χ1v) is 6.18. The van der Waals surface area contributed by atoms with Crippen molar-refractivity contribution in [3.05, 3.63) is 30.3 Å². The number of nitrogens with zero attached hydrogens (tertiary/aromatic N) is 1. The lowest BCUT2D eigenvalue weighted by atomic mass is 9.89. The van der Waals surface area contributed by atoms with Crippen molar-refractivity contribution < 1.29 is 0 Å². The monoisotopic (exact) mass is 218 g/mol. The summed E-state index contributed by atoms with van der Waals surface area (Å²) in [5, 5.41) is 3.65. The van der Waals surface area contributed by atoms with E-state index in [-0.39, 0.29) is 0 Å². The van der Waals surface area contributed by atoms with Crippen molar-refractivity contribution in [3.63, 3.8) is 0 Å². The number of benzene rings is 1. The molecule has 1 heterocycles. The molecule has 1 saturated heterocycles. The Morgan fingerprint density at radius 3 is 2.56 bits per heavy atom. The molecular weight excluding hydrogens is 196 g/mol. The first-order chi connectivity index (χ1) is 7.66. The Labute approximate surface area is 98.7 Å². The Bertz CT molecular complexity index is 323. The molecule has 0 saturated carbocycles. The summed E-state index contributed by atoms with van der Waals surface area (Å²) < 4.78 is 0. The summed E-state index contributed by atoms with van der Waals surface area (Å²) in [6.45, 7) is 5.83. The van der Waals surface area contributed by atoms with Crippen LogP contribution in [0.1, 0.15) is 20.3 Å². The first kappa shape index (κ1) is 11.5. The van der Waals surface area contributed by atoms with E-state index in [1.807, 2.05) is 0 Å². The van der Waals surface area contributed by atoms with Gasteiger partial charge in [0.25, 0.3) is 0 Å². The molecule has 1 aliphatic rings. The van der Waals surface area contributed by atoms with E-state index < -0.39 is 0 Å². The predicted molar refractivity (Wildman–Crippen MR) is 69.7 cm³/mol. The lowest BCUT2D eigenvalue weighted by molar-refractivity contribution is 0.145. The van der Waals surface area contributed by atoms with Gasteiger partial charge in [-0.1, -0.05) is 25.1 Å². The zero-order valence-electron chi connectivity index (χ0n) is 10.5. The summed E-state index contributed by atoms with van der Waals surface area (Å²) in [6.07, 6.45) is 1.23. The highest BCUT2D eigenvalue weighted by molar-refractivity contribution is 5.43. The maximum atomic E-state index is 3.65. The number of hydrogen-bond donors (Lipinski definition) is 1. The largest absolute Gasteiger partial charge is 0.382 e. The minimum absolute atomic E-state index is 0.605. The van der Waals surface area contributed by atoms with Crippen LogP contribution in [0.4, 0.5) is 5.69 Å². The molecule has 0 aliphatic carbocycles. The van der Waals surface area contributed by atoms with Crippen molar-refractivity contribution >= 4 is 5.69 Å². The molecular formula is C14H22N2. The molecule has 0 amide bonds. The summed E-state index contributed by atoms with van der Waals surface area (Å²) in [4.78, 5) is 2.45. The fourth-order valence-corrected chi connectivity index (χ4v) is 2.49. The molecule has 2 nitrogen and oxygen atoms in total. The topological polar surface area (TPSA) is 15.3 Å². The van der Waals surface area contributed by atoms with Gasteiger partial charge < -0.3 is 10.2 Å². The van der Waals surface area contributed by atoms with E-state index in [0.717, 1.165) is 0 Å². The molecule has 3 atom stereocenters. The number of anilines is 1. The Balaban J connectivity index is 2.00. The van der Waals surface area contributed by atoms with Crippen LogP contribution in [0.15, 0.2) is 30.3 Å². The van der Waals surface area contributed by atoms with E-state index >= 15 is 0 Å². The molecule has 0 aromatic heterocycles. The molecule has 16 heavy (non-hydrogen) atoms. The van der Waals surface area contributed by atoms with Gasteiger partial charge in [0, 0.05) is 24.3 Å². The van der Waals surface area contributed by atoms with Crippen molar-refractivity contribution in [2.24, 2.45) is 5.92 Å². The van der Waals surface area contributed by atoms with Gasteiger partial charge in [-0.2, -0.15) is 0 Å². The average molecular weight is 218 g/mol. The van der Waals surface area contributed by atoms with E-state index in [1.54, 1.807) is 0 Å². The van der Waals surface area contributed by atoms with Gasteiger partial charge in [0.05, 0.1) is 0 Å². The minimum atomic E-state index is 0.605. The molecule has 1 aliphatic heterocycles. The predicted octanol–water partition coefficient (Wildman–Crippen LogP) is 2.83. The second-order valence-electron chi connectivity index (χ2n) is 5.12. The molecule has 1 aromatic carbocycles. The van der Waals surface area contributed by atoms with Gasteiger partial charge in [-0.25, -0.2) is 0 Å². The van der Waals surface area contributed by atoms with Crippen LogP contribution in [0.2, 0.25) is 0 Å². The molecule has 2 rings (SSSR count). The SMILES string of the molecule is C[C@H]1CN(C)[C@@H](C)C[C@H]1Nc1ccccc1. The van der Waals surface area contributed by atoms with Crippen molar-refractivity contribution in [3.8, 4) is 0 Å². The fraction of sp³-hybridized carbons (Fsp3) is 0.571. The fourth-order valence-electron chi connectivity index (χ4n) is 2.49. The highest BCUT2D eigenvalue weighted by atomic mass is 15.2. The van der Waals surface area contributed by atoms with Gasteiger partial charge in [0.15, 0.2) is 0 Å². The normalized spacial score (nSPS) is 31.3. The molecule has 1 N–H and O–H groups in total. The molecule has 0 spiro atoms. The quantitative estimate of drug-likeness (QED) is 0.821. The molecule has 0 unspecified atom stereocenters. The van der Waals surface area contributed by atoms with Crippen LogP contribution in [-0.4, -0.2) is 30.6 Å². The molecule has 0 radical (unpaired) electrons. The summed E-state index contributed by atoms with van der Waals surface area (Å²) in [5.74, 6) is 0.710. The standard InChI is InChI=1S/C14H22N2/c1-11-10-16(3)12(2)9-14(11)15-13-7-5-4-6-8-13/h4-8,11-12,14-15H,9-10H2,1-3H3/t11-,12-,14+/m0/s1. The molecule has 1 fully saturated rings. The third-order valence-electron chi connectivity index (χ3n) is 3.74. The maximum Gasteiger partial charge on any atom is 0.0342 e. The van der Waals surface area contributed by atoms with Crippen LogP contribution in [0, 0.1) is 5.92 Å². The number of hydrogen-bond acceptors (Lipinski definition) is 2. The zero-order chi connectivity index (χ0) is 11.5. The average Bonchev–Trinajstić information content (AvgIpc) is 2.27. The maximum absolute atomic E-state index is 3.65. The summed E-state index contributed by atoms with van der Waals surface area (Å²) in [6, 6.07) is 11.8. The van der Waals surface area contributed by atoms with Crippen molar-refractivity contribution in [2.75, 3.05) is 18.9 Å². The molecule has 0 bridgehead atoms. The lowest BCUT2D eigenvalue weighted by Gasteiger charge is -2.40. The van der Waals surface area contributed by atoms with Gasteiger partial charge in [-0.3, -0.25) is 0 Å². The second-order valence-corrected chi connectivity index (χ2v) is 5.12. The van der Waals surface area contributed by atoms with Crippen LogP contribution >= 0.6 is 0 Å². The minimum Gasteiger partial charge on any atom is -0.382 e. The Morgan fingerprint density at radius 2 is 1.88 bits per heavy atom.